The Kier molecular flexibility index (Phi) is 5.45. The van der Waals surface area contributed by atoms with Gasteiger partial charge in [0.05, 0.1) is 10.9 Å². The monoisotopic (exact) mass is 391 g/mol. The Bertz CT molecular complexity index is 999. The molecule has 0 spiro atoms. The average Bonchev–Trinajstić information content (AvgIpc) is 2.78. The molecule has 1 aliphatic heterocycles. The summed E-state index contributed by atoms with van der Waals surface area (Å²) in [5.41, 5.74) is 1.14. The number of para-hydroxylation sites is 1. The Balaban J connectivity index is 1.68. The Morgan fingerprint density at radius 3 is 2.45 bits per heavy atom. The molecule has 0 unspecified atom stereocenters. The number of aromatic nitrogens is 2. The Morgan fingerprint density at radius 1 is 1.07 bits per heavy atom. The molecular formula is C23H25N3O3. The van der Waals surface area contributed by atoms with E-state index in [1.165, 1.54) is 0 Å². The van der Waals surface area contributed by atoms with Gasteiger partial charge in [0.15, 0.2) is 5.82 Å². The quantitative estimate of drug-likeness (QED) is 0.684. The highest BCUT2D eigenvalue weighted by Crippen LogP contribution is 2.38. The van der Waals surface area contributed by atoms with Crippen molar-refractivity contribution in [2.45, 2.75) is 19.3 Å². The van der Waals surface area contributed by atoms with Gasteiger partial charge in [-0.25, -0.2) is 9.97 Å². The number of nitrogens with zero attached hydrogens (tertiary/aromatic N) is 3. The first-order valence-corrected chi connectivity index (χ1v) is 9.92. The second-order valence-electron chi connectivity index (χ2n) is 7.57. The van der Waals surface area contributed by atoms with Crippen LogP contribution in [0.5, 0.6) is 0 Å². The van der Waals surface area contributed by atoms with Gasteiger partial charge in [0.25, 0.3) is 0 Å². The standard InChI is InChI=1S/C23H25N3O3/c1-29-16-13-23(22(27)28)11-14-26(15-12-23)21-18-9-5-6-10-19(18)24-20(25-21)17-7-3-2-4-8-17/h2-10H,11-16H2,1H3,(H,27,28). The van der Waals surface area contributed by atoms with Crippen molar-refractivity contribution >= 4 is 22.7 Å². The number of carboxylic acids is 1. The molecule has 6 nitrogen and oxygen atoms in total. The van der Waals surface area contributed by atoms with Gasteiger partial charge in [-0.2, -0.15) is 0 Å². The summed E-state index contributed by atoms with van der Waals surface area (Å²) in [4.78, 5) is 23.8. The summed E-state index contributed by atoms with van der Waals surface area (Å²) in [5.74, 6) is 0.834. The molecule has 0 radical (unpaired) electrons. The fourth-order valence-electron chi connectivity index (χ4n) is 4.03. The maximum absolute atomic E-state index is 12.0. The Hall–Kier alpha value is -2.99. The number of benzene rings is 2. The van der Waals surface area contributed by atoms with Crippen LogP contribution in [0.2, 0.25) is 0 Å². The lowest BCUT2D eigenvalue weighted by Crippen LogP contribution is -2.45. The summed E-state index contributed by atoms with van der Waals surface area (Å²) in [5, 5.41) is 10.8. The molecule has 0 bridgehead atoms. The van der Waals surface area contributed by atoms with Gasteiger partial charge < -0.3 is 14.7 Å². The maximum atomic E-state index is 12.0. The molecule has 4 rings (SSSR count). The molecule has 1 saturated heterocycles. The van der Waals surface area contributed by atoms with E-state index >= 15 is 0 Å². The molecule has 0 aliphatic carbocycles. The number of hydrogen-bond donors (Lipinski definition) is 1. The van der Waals surface area contributed by atoms with Crippen molar-refractivity contribution in [3.05, 3.63) is 54.6 Å². The van der Waals surface area contributed by atoms with Crippen LogP contribution in [0, 0.1) is 5.41 Å². The molecule has 0 saturated carbocycles. The second kappa shape index (κ2) is 8.17. The number of carboxylic acid groups (broad SMARTS) is 1. The van der Waals surface area contributed by atoms with Gasteiger partial charge in [0.1, 0.15) is 5.82 Å². The lowest BCUT2D eigenvalue weighted by atomic mass is 9.76. The predicted octanol–water partition coefficient (Wildman–Crippen LogP) is 4.00. The third kappa shape index (κ3) is 3.80. The van der Waals surface area contributed by atoms with Crippen LogP contribution >= 0.6 is 0 Å². The highest BCUT2D eigenvalue weighted by molar-refractivity contribution is 5.91. The summed E-state index contributed by atoms with van der Waals surface area (Å²) in [6.07, 6.45) is 1.68. The van der Waals surface area contributed by atoms with Crippen LogP contribution in [0.4, 0.5) is 5.82 Å². The van der Waals surface area contributed by atoms with Crippen molar-refractivity contribution in [2.24, 2.45) is 5.41 Å². The third-order valence-electron chi connectivity index (χ3n) is 5.87. The normalized spacial score (nSPS) is 16.1. The maximum Gasteiger partial charge on any atom is 0.309 e. The second-order valence-corrected chi connectivity index (χ2v) is 7.57. The molecule has 29 heavy (non-hydrogen) atoms. The molecule has 2 heterocycles. The molecule has 150 valence electrons. The van der Waals surface area contributed by atoms with Crippen molar-refractivity contribution in [2.75, 3.05) is 31.7 Å². The predicted molar refractivity (Wildman–Crippen MR) is 113 cm³/mol. The minimum absolute atomic E-state index is 0.459. The summed E-state index contributed by atoms with van der Waals surface area (Å²) in [6, 6.07) is 17.9. The number of ether oxygens (including phenoxy) is 1. The van der Waals surface area contributed by atoms with Crippen LogP contribution in [-0.4, -0.2) is 47.8 Å². The lowest BCUT2D eigenvalue weighted by Gasteiger charge is -2.39. The van der Waals surface area contributed by atoms with E-state index in [1.54, 1.807) is 7.11 Å². The summed E-state index contributed by atoms with van der Waals surface area (Å²) in [7, 11) is 1.61. The molecule has 1 aliphatic rings. The summed E-state index contributed by atoms with van der Waals surface area (Å²) >= 11 is 0. The van der Waals surface area contributed by atoms with E-state index in [0.717, 1.165) is 22.3 Å². The SMILES string of the molecule is COCCC1(C(=O)O)CCN(c2nc(-c3ccccc3)nc3ccccc23)CC1. The van der Waals surface area contributed by atoms with E-state index in [4.69, 9.17) is 14.7 Å². The van der Waals surface area contributed by atoms with Crippen molar-refractivity contribution < 1.29 is 14.6 Å². The molecule has 2 aromatic carbocycles. The van der Waals surface area contributed by atoms with E-state index in [0.29, 0.717) is 44.8 Å². The Labute approximate surface area is 170 Å². The van der Waals surface area contributed by atoms with Crippen molar-refractivity contribution in [3.63, 3.8) is 0 Å². The fraction of sp³-hybridized carbons (Fsp3) is 0.348. The van der Waals surface area contributed by atoms with Crippen LogP contribution in [0.25, 0.3) is 22.3 Å². The van der Waals surface area contributed by atoms with Crippen LogP contribution < -0.4 is 4.90 Å². The van der Waals surface area contributed by atoms with Crippen molar-refractivity contribution in [1.82, 2.24) is 9.97 Å². The number of methoxy groups -OCH3 is 1. The van der Waals surface area contributed by atoms with Gasteiger partial charge in [0, 0.05) is 37.8 Å². The van der Waals surface area contributed by atoms with Crippen LogP contribution in [0.3, 0.4) is 0 Å². The molecule has 3 aromatic rings. The number of aliphatic carboxylic acids is 1. The third-order valence-corrected chi connectivity index (χ3v) is 5.87. The van der Waals surface area contributed by atoms with Gasteiger partial charge >= 0.3 is 5.97 Å². The van der Waals surface area contributed by atoms with Gasteiger partial charge in [-0.3, -0.25) is 4.79 Å². The van der Waals surface area contributed by atoms with E-state index < -0.39 is 11.4 Å². The zero-order valence-electron chi connectivity index (χ0n) is 16.5. The number of rotatable bonds is 6. The van der Waals surface area contributed by atoms with Crippen LogP contribution in [0.1, 0.15) is 19.3 Å². The smallest absolute Gasteiger partial charge is 0.309 e. The largest absolute Gasteiger partial charge is 0.481 e. The first kappa shape index (κ1) is 19.3. The minimum atomic E-state index is -0.730. The zero-order valence-corrected chi connectivity index (χ0v) is 16.5. The number of fused-ring (bicyclic) bond motifs is 1. The van der Waals surface area contributed by atoms with Crippen LogP contribution in [0.15, 0.2) is 54.6 Å². The molecule has 1 N–H and O–H groups in total. The van der Waals surface area contributed by atoms with Crippen molar-refractivity contribution in [1.29, 1.82) is 0 Å². The molecule has 1 aromatic heterocycles. The van der Waals surface area contributed by atoms with E-state index in [1.807, 2.05) is 54.6 Å². The average molecular weight is 391 g/mol. The number of hydrogen-bond acceptors (Lipinski definition) is 5. The lowest BCUT2D eigenvalue weighted by molar-refractivity contribution is -0.151. The number of carbonyl (C=O) groups is 1. The van der Waals surface area contributed by atoms with Gasteiger partial charge in [-0.05, 0) is 31.4 Å². The highest BCUT2D eigenvalue weighted by Gasteiger charge is 2.41. The molecule has 1 fully saturated rings. The van der Waals surface area contributed by atoms with E-state index in [2.05, 4.69) is 4.90 Å². The zero-order chi connectivity index (χ0) is 20.3. The van der Waals surface area contributed by atoms with Gasteiger partial charge in [0.2, 0.25) is 0 Å². The van der Waals surface area contributed by atoms with Gasteiger partial charge in [-0.1, -0.05) is 42.5 Å². The summed E-state index contributed by atoms with van der Waals surface area (Å²) in [6.45, 7) is 1.75. The topological polar surface area (TPSA) is 75.6 Å². The van der Waals surface area contributed by atoms with Gasteiger partial charge in [-0.15, -0.1) is 0 Å². The van der Waals surface area contributed by atoms with E-state index in [9.17, 15) is 9.90 Å². The first-order valence-electron chi connectivity index (χ1n) is 9.92. The Morgan fingerprint density at radius 2 is 1.76 bits per heavy atom. The first-order chi connectivity index (χ1) is 14.1. The number of piperidine rings is 1. The molecule has 0 amide bonds. The van der Waals surface area contributed by atoms with E-state index in [-0.39, 0.29) is 0 Å². The molecular weight excluding hydrogens is 366 g/mol. The minimum Gasteiger partial charge on any atom is -0.481 e. The fourth-order valence-corrected chi connectivity index (χ4v) is 4.03. The van der Waals surface area contributed by atoms with Crippen molar-refractivity contribution in [3.8, 4) is 11.4 Å². The molecule has 6 heteroatoms. The van der Waals surface area contributed by atoms with Crippen LogP contribution in [-0.2, 0) is 9.53 Å². The highest BCUT2D eigenvalue weighted by atomic mass is 16.5. The number of anilines is 1. The molecule has 0 atom stereocenters. The summed E-state index contributed by atoms with van der Waals surface area (Å²) < 4.78 is 5.16.